The summed E-state index contributed by atoms with van der Waals surface area (Å²) in [6.07, 6.45) is 1.05. The summed E-state index contributed by atoms with van der Waals surface area (Å²) in [5, 5.41) is 11.4. The summed E-state index contributed by atoms with van der Waals surface area (Å²) in [6.45, 7) is 1.61. The van der Waals surface area contributed by atoms with Crippen molar-refractivity contribution >= 4 is 17.6 Å². The Labute approximate surface area is 134 Å². The van der Waals surface area contributed by atoms with Gasteiger partial charge >= 0.3 is 5.97 Å². The fourth-order valence-corrected chi connectivity index (χ4v) is 2.04. The summed E-state index contributed by atoms with van der Waals surface area (Å²) in [6, 6.07) is 14.8. The van der Waals surface area contributed by atoms with E-state index in [4.69, 9.17) is 9.84 Å². The van der Waals surface area contributed by atoms with Crippen molar-refractivity contribution in [2.45, 2.75) is 19.8 Å². The summed E-state index contributed by atoms with van der Waals surface area (Å²) in [7, 11) is 0. The molecule has 2 N–H and O–H groups in total. The molecule has 0 saturated carbocycles. The van der Waals surface area contributed by atoms with Gasteiger partial charge in [0.25, 0.3) is 0 Å². The van der Waals surface area contributed by atoms with E-state index >= 15 is 0 Å². The van der Waals surface area contributed by atoms with E-state index in [1.807, 2.05) is 31.2 Å². The Kier molecular flexibility index (Phi) is 5.74. The van der Waals surface area contributed by atoms with Gasteiger partial charge in [-0.3, -0.25) is 4.79 Å². The standard InChI is InChI=1S/C18H19NO4/c1-13-5-7-14(8-6-13)9-10-17(20)19-15-3-2-4-16(11-15)23-12-18(21)22/h2-8,11H,9-10,12H2,1H3,(H,19,20)(H,21,22). The highest BCUT2D eigenvalue weighted by Gasteiger charge is 2.05. The molecule has 0 spiro atoms. The number of anilines is 1. The van der Waals surface area contributed by atoms with Crippen LogP contribution in [0.15, 0.2) is 48.5 Å². The van der Waals surface area contributed by atoms with Crippen LogP contribution in [0.1, 0.15) is 17.5 Å². The molecule has 2 rings (SSSR count). The van der Waals surface area contributed by atoms with E-state index in [1.165, 1.54) is 5.56 Å². The predicted molar refractivity (Wildman–Crippen MR) is 87.7 cm³/mol. The number of amides is 1. The maximum absolute atomic E-state index is 12.0. The number of ether oxygens (including phenoxy) is 1. The number of hydrogen-bond acceptors (Lipinski definition) is 3. The smallest absolute Gasteiger partial charge is 0.341 e. The Morgan fingerprint density at radius 3 is 2.57 bits per heavy atom. The number of nitrogens with one attached hydrogen (secondary N) is 1. The van der Waals surface area contributed by atoms with Crippen LogP contribution in [0.2, 0.25) is 0 Å². The third-order valence-corrected chi connectivity index (χ3v) is 3.24. The van der Waals surface area contributed by atoms with Crippen LogP contribution in [-0.2, 0) is 16.0 Å². The Bertz CT molecular complexity index is 680. The highest BCUT2D eigenvalue weighted by molar-refractivity contribution is 5.91. The van der Waals surface area contributed by atoms with Gasteiger partial charge in [0.1, 0.15) is 5.75 Å². The van der Waals surface area contributed by atoms with Crippen molar-refractivity contribution in [2.24, 2.45) is 0 Å². The van der Waals surface area contributed by atoms with E-state index in [9.17, 15) is 9.59 Å². The van der Waals surface area contributed by atoms with Gasteiger partial charge in [0.05, 0.1) is 0 Å². The Morgan fingerprint density at radius 2 is 1.87 bits per heavy atom. The molecule has 0 aromatic heterocycles. The van der Waals surface area contributed by atoms with Crippen LogP contribution in [0.25, 0.3) is 0 Å². The molecule has 2 aromatic carbocycles. The molecule has 0 aliphatic rings. The van der Waals surface area contributed by atoms with Gasteiger partial charge in [0.2, 0.25) is 5.91 Å². The molecule has 0 atom stereocenters. The second-order valence-corrected chi connectivity index (χ2v) is 5.24. The van der Waals surface area contributed by atoms with E-state index in [1.54, 1.807) is 24.3 Å². The van der Waals surface area contributed by atoms with Gasteiger partial charge in [-0.2, -0.15) is 0 Å². The van der Waals surface area contributed by atoms with Crippen molar-refractivity contribution in [1.29, 1.82) is 0 Å². The van der Waals surface area contributed by atoms with Gasteiger partial charge in [-0.25, -0.2) is 4.79 Å². The Morgan fingerprint density at radius 1 is 1.13 bits per heavy atom. The zero-order valence-electron chi connectivity index (χ0n) is 12.9. The minimum absolute atomic E-state index is 0.0963. The molecule has 0 bridgehead atoms. The van der Waals surface area contributed by atoms with Crippen LogP contribution in [0.3, 0.4) is 0 Å². The molecule has 0 radical (unpaired) electrons. The summed E-state index contributed by atoms with van der Waals surface area (Å²) in [5.41, 5.74) is 2.89. The van der Waals surface area contributed by atoms with E-state index in [0.717, 1.165) is 5.56 Å². The van der Waals surface area contributed by atoms with Gasteiger partial charge in [0, 0.05) is 18.2 Å². The highest BCUT2D eigenvalue weighted by Crippen LogP contribution is 2.17. The monoisotopic (exact) mass is 313 g/mol. The molecule has 120 valence electrons. The maximum atomic E-state index is 12.0. The molecule has 0 heterocycles. The lowest BCUT2D eigenvalue weighted by Crippen LogP contribution is -2.13. The summed E-state index contributed by atoms with van der Waals surface area (Å²) in [5.74, 6) is -0.734. The fraction of sp³-hybridized carbons (Fsp3) is 0.222. The number of benzene rings is 2. The van der Waals surface area contributed by atoms with Crippen LogP contribution in [0, 0.1) is 6.92 Å². The second kappa shape index (κ2) is 7.98. The summed E-state index contributed by atoms with van der Waals surface area (Å²) in [4.78, 5) is 22.5. The van der Waals surface area contributed by atoms with Gasteiger partial charge in [-0.05, 0) is 31.0 Å². The maximum Gasteiger partial charge on any atom is 0.341 e. The van der Waals surface area contributed by atoms with Crippen molar-refractivity contribution in [3.8, 4) is 5.75 Å². The molecule has 23 heavy (non-hydrogen) atoms. The molecular weight excluding hydrogens is 294 g/mol. The number of carbonyl (C=O) groups excluding carboxylic acids is 1. The largest absolute Gasteiger partial charge is 0.482 e. The minimum atomic E-state index is -1.04. The summed E-state index contributed by atoms with van der Waals surface area (Å²) < 4.78 is 5.08. The quantitative estimate of drug-likeness (QED) is 0.824. The third-order valence-electron chi connectivity index (χ3n) is 3.24. The molecule has 5 nitrogen and oxygen atoms in total. The number of aliphatic carboxylic acids is 1. The number of aryl methyl sites for hydroxylation is 2. The predicted octanol–water partition coefficient (Wildman–Crippen LogP) is 3.03. The molecule has 0 aliphatic carbocycles. The van der Waals surface area contributed by atoms with Crippen molar-refractivity contribution in [3.63, 3.8) is 0 Å². The second-order valence-electron chi connectivity index (χ2n) is 5.24. The zero-order chi connectivity index (χ0) is 16.7. The fourth-order valence-electron chi connectivity index (χ4n) is 2.04. The van der Waals surface area contributed by atoms with Crippen molar-refractivity contribution in [1.82, 2.24) is 0 Å². The number of carboxylic acid groups (broad SMARTS) is 1. The van der Waals surface area contributed by atoms with Gasteiger partial charge < -0.3 is 15.2 Å². The first-order chi connectivity index (χ1) is 11.0. The average Bonchev–Trinajstić information content (AvgIpc) is 2.53. The van der Waals surface area contributed by atoms with Gasteiger partial charge in [-0.1, -0.05) is 35.9 Å². The van der Waals surface area contributed by atoms with Gasteiger partial charge in [-0.15, -0.1) is 0 Å². The van der Waals surface area contributed by atoms with Crippen molar-refractivity contribution in [3.05, 3.63) is 59.7 Å². The minimum Gasteiger partial charge on any atom is -0.482 e. The molecule has 1 amide bonds. The first-order valence-corrected chi connectivity index (χ1v) is 7.33. The van der Waals surface area contributed by atoms with Crippen molar-refractivity contribution < 1.29 is 19.4 Å². The Balaban J connectivity index is 1.86. The SMILES string of the molecule is Cc1ccc(CCC(=O)Nc2cccc(OCC(=O)O)c2)cc1. The number of carbonyl (C=O) groups is 2. The van der Waals surface area contributed by atoms with E-state index < -0.39 is 12.6 Å². The van der Waals surface area contributed by atoms with Crippen LogP contribution in [0.5, 0.6) is 5.75 Å². The Hall–Kier alpha value is -2.82. The lowest BCUT2D eigenvalue weighted by Gasteiger charge is -2.08. The molecule has 0 aliphatic heterocycles. The first-order valence-electron chi connectivity index (χ1n) is 7.33. The van der Waals surface area contributed by atoms with Gasteiger partial charge in [0.15, 0.2) is 6.61 Å². The van der Waals surface area contributed by atoms with E-state index in [0.29, 0.717) is 24.3 Å². The number of hydrogen-bond donors (Lipinski definition) is 2. The molecule has 2 aromatic rings. The lowest BCUT2D eigenvalue weighted by molar-refractivity contribution is -0.139. The average molecular weight is 313 g/mol. The highest BCUT2D eigenvalue weighted by atomic mass is 16.5. The van der Waals surface area contributed by atoms with Crippen molar-refractivity contribution in [2.75, 3.05) is 11.9 Å². The molecule has 0 saturated heterocycles. The number of carboxylic acids is 1. The van der Waals surface area contributed by atoms with E-state index in [2.05, 4.69) is 5.32 Å². The molecule has 5 heteroatoms. The molecule has 0 fully saturated rings. The zero-order valence-corrected chi connectivity index (χ0v) is 12.9. The van der Waals surface area contributed by atoms with E-state index in [-0.39, 0.29) is 5.91 Å². The lowest BCUT2D eigenvalue weighted by atomic mass is 10.1. The molecule has 0 unspecified atom stereocenters. The van der Waals surface area contributed by atoms with Crippen LogP contribution < -0.4 is 10.1 Å². The molecular formula is C18H19NO4. The van der Waals surface area contributed by atoms with Crippen LogP contribution in [0.4, 0.5) is 5.69 Å². The number of rotatable bonds is 7. The summed E-state index contributed by atoms with van der Waals surface area (Å²) >= 11 is 0. The normalized spacial score (nSPS) is 10.1. The van der Waals surface area contributed by atoms with Crippen LogP contribution in [-0.4, -0.2) is 23.6 Å². The first kappa shape index (κ1) is 16.5. The van der Waals surface area contributed by atoms with Crippen LogP contribution >= 0.6 is 0 Å². The third kappa shape index (κ3) is 5.82. The topological polar surface area (TPSA) is 75.6 Å².